The maximum Gasteiger partial charge on any atom is 0.323 e. The summed E-state index contributed by atoms with van der Waals surface area (Å²) < 4.78 is 38.3. The number of hydrogen-bond acceptors (Lipinski definition) is 6. The Morgan fingerprint density at radius 2 is 1.86 bits per heavy atom. The molecule has 0 bridgehead atoms. The average Bonchev–Trinajstić information content (AvgIpc) is 2.88. The second-order valence-corrected chi connectivity index (χ2v) is 8.56. The number of pyridine rings is 1. The van der Waals surface area contributed by atoms with Crippen molar-refractivity contribution in [1.29, 1.82) is 0 Å². The van der Waals surface area contributed by atoms with Crippen LogP contribution in [0.4, 0.5) is 20.6 Å². The van der Waals surface area contributed by atoms with E-state index >= 15 is 0 Å². The number of benzene rings is 3. The first kappa shape index (κ1) is 24.5. The molecule has 0 spiro atoms. The molecule has 3 aromatic carbocycles. The van der Waals surface area contributed by atoms with Crippen molar-refractivity contribution in [3.8, 4) is 28.7 Å². The number of anilines is 2. The van der Waals surface area contributed by atoms with E-state index in [1.807, 2.05) is 13.8 Å². The maximum atomic E-state index is 14.9. The Balaban J connectivity index is 1.38. The lowest BCUT2D eigenvalue weighted by Crippen LogP contribution is -2.20. The molecule has 0 saturated heterocycles. The SMILES string of the molecule is CCOc1cc2nccc(Oc3ccc(NC(=O)Nc4ccc(Cl)c(C)c4)c(F)c3)c2c2c1OCCO2. The first-order valence-electron chi connectivity index (χ1n) is 11.6. The van der Waals surface area contributed by atoms with Crippen LogP contribution in [0.5, 0.6) is 28.7 Å². The molecular weight excluding hydrogens is 501 g/mol. The minimum atomic E-state index is -0.668. The van der Waals surface area contributed by atoms with Crippen molar-refractivity contribution >= 4 is 39.9 Å². The van der Waals surface area contributed by atoms with Crippen molar-refractivity contribution < 1.29 is 28.1 Å². The highest BCUT2D eigenvalue weighted by molar-refractivity contribution is 6.31. The second kappa shape index (κ2) is 10.4. The van der Waals surface area contributed by atoms with E-state index in [1.165, 1.54) is 12.1 Å². The lowest BCUT2D eigenvalue weighted by molar-refractivity contribution is 0.165. The average molecular weight is 524 g/mol. The molecule has 190 valence electrons. The van der Waals surface area contributed by atoms with Gasteiger partial charge >= 0.3 is 6.03 Å². The van der Waals surface area contributed by atoms with Crippen LogP contribution in [0.15, 0.2) is 54.7 Å². The molecule has 2 amide bonds. The van der Waals surface area contributed by atoms with Crippen molar-refractivity contribution in [2.75, 3.05) is 30.5 Å². The van der Waals surface area contributed by atoms with Gasteiger partial charge in [0.25, 0.3) is 0 Å². The van der Waals surface area contributed by atoms with E-state index in [2.05, 4.69) is 15.6 Å². The number of fused-ring (bicyclic) bond motifs is 3. The second-order valence-electron chi connectivity index (χ2n) is 8.15. The number of halogens is 2. The summed E-state index contributed by atoms with van der Waals surface area (Å²) in [6, 6.07) is 12.0. The molecule has 4 aromatic rings. The summed E-state index contributed by atoms with van der Waals surface area (Å²) in [6.45, 7) is 4.90. The lowest BCUT2D eigenvalue weighted by atomic mass is 10.1. The van der Waals surface area contributed by atoms with Gasteiger partial charge in [0.05, 0.1) is 23.2 Å². The van der Waals surface area contributed by atoms with Crippen LogP contribution in [0.2, 0.25) is 5.02 Å². The van der Waals surface area contributed by atoms with Gasteiger partial charge in [-0.2, -0.15) is 0 Å². The zero-order valence-electron chi connectivity index (χ0n) is 20.1. The Morgan fingerprint density at radius 3 is 2.62 bits per heavy atom. The van der Waals surface area contributed by atoms with Crippen molar-refractivity contribution in [3.05, 3.63) is 71.1 Å². The van der Waals surface area contributed by atoms with Crippen molar-refractivity contribution in [1.82, 2.24) is 4.98 Å². The highest BCUT2D eigenvalue weighted by Crippen LogP contribution is 2.48. The number of carbonyl (C=O) groups excluding carboxylic acids is 1. The Labute approximate surface area is 217 Å². The third-order valence-electron chi connectivity index (χ3n) is 5.58. The van der Waals surface area contributed by atoms with Crippen molar-refractivity contribution in [3.63, 3.8) is 0 Å². The molecule has 5 rings (SSSR count). The molecule has 1 aliphatic rings. The number of hydrogen-bond donors (Lipinski definition) is 2. The predicted molar refractivity (Wildman–Crippen MR) is 139 cm³/mol. The highest BCUT2D eigenvalue weighted by atomic mass is 35.5. The quantitative estimate of drug-likeness (QED) is 0.284. The molecule has 0 atom stereocenters. The monoisotopic (exact) mass is 523 g/mol. The summed E-state index contributed by atoms with van der Waals surface area (Å²) in [6.07, 6.45) is 1.58. The minimum absolute atomic E-state index is 0.00871. The summed E-state index contributed by atoms with van der Waals surface area (Å²) in [5, 5.41) is 6.32. The van der Waals surface area contributed by atoms with Crippen LogP contribution in [0.1, 0.15) is 12.5 Å². The van der Waals surface area contributed by atoms with E-state index in [0.717, 1.165) is 5.56 Å². The van der Waals surface area contributed by atoms with Crippen LogP contribution in [0.25, 0.3) is 10.9 Å². The Kier molecular flexibility index (Phi) is 6.87. The molecule has 10 heteroatoms. The van der Waals surface area contributed by atoms with E-state index in [9.17, 15) is 9.18 Å². The van der Waals surface area contributed by atoms with Gasteiger partial charge in [-0.3, -0.25) is 4.98 Å². The first-order valence-corrected chi connectivity index (χ1v) is 12.0. The fourth-order valence-corrected chi connectivity index (χ4v) is 4.03. The Morgan fingerprint density at radius 1 is 1.05 bits per heavy atom. The van der Waals surface area contributed by atoms with E-state index in [0.29, 0.717) is 64.4 Å². The van der Waals surface area contributed by atoms with Gasteiger partial charge in [-0.15, -0.1) is 0 Å². The number of carbonyl (C=O) groups is 1. The molecule has 0 radical (unpaired) electrons. The normalized spacial score (nSPS) is 12.2. The van der Waals surface area contributed by atoms with Gasteiger partial charge in [-0.05, 0) is 55.8 Å². The molecule has 0 saturated carbocycles. The Bertz CT molecular complexity index is 1500. The fourth-order valence-electron chi connectivity index (χ4n) is 3.92. The van der Waals surface area contributed by atoms with E-state index < -0.39 is 11.8 Å². The number of rotatable bonds is 6. The van der Waals surface area contributed by atoms with Crippen LogP contribution in [0, 0.1) is 12.7 Å². The number of urea groups is 1. The number of aryl methyl sites for hydroxylation is 1. The van der Waals surface area contributed by atoms with E-state index in [-0.39, 0.29) is 11.4 Å². The molecule has 8 nitrogen and oxygen atoms in total. The number of nitrogens with one attached hydrogen (secondary N) is 2. The molecular formula is C27H23ClFN3O5. The molecule has 37 heavy (non-hydrogen) atoms. The summed E-state index contributed by atoms with van der Waals surface area (Å²) in [5.41, 5.74) is 1.91. The molecule has 2 heterocycles. The molecule has 1 aromatic heterocycles. The van der Waals surface area contributed by atoms with Crippen molar-refractivity contribution in [2.45, 2.75) is 13.8 Å². The largest absolute Gasteiger partial charge is 0.490 e. The number of aromatic nitrogens is 1. The smallest absolute Gasteiger partial charge is 0.323 e. The third-order valence-corrected chi connectivity index (χ3v) is 6.00. The summed E-state index contributed by atoms with van der Waals surface area (Å²) >= 11 is 6.02. The van der Waals surface area contributed by atoms with Gasteiger partial charge in [-0.1, -0.05) is 11.6 Å². The fraction of sp³-hybridized carbons (Fsp3) is 0.185. The summed E-state index contributed by atoms with van der Waals surface area (Å²) in [7, 11) is 0. The number of ether oxygens (including phenoxy) is 4. The zero-order chi connectivity index (χ0) is 25.9. The molecule has 1 aliphatic heterocycles. The van der Waals surface area contributed by atoms with Gasteiger partial charge < -0.3 is 29.6 Å². The number of nitrogens with zero attached hydrogens (tertiary/aromatic N) is 1. The van der Waals surface area contributed by atoms with Crippen LogP contribution in [0.3, 0.4) is 0 Å². The lowest BCUT2D eigenvalue weighted by Gasteiger charge is -2.23. The molecule has 0 fully saturated rings. The summed E-state index contributed by atoms with van der Waals surface area (Å²) in [5.74, 6) is 1.44. The predicted octanol–water partition coefficient (Wildman–Crippen LogP) is 6.94. The van der Waals surface area contributed by atoms with Crippen molar-refractivity contribution in [2.24, 2.45) is 0 Å². The zero-order valence-corrected chi connectivity index (χ0v) is 20.8. The highest BCUT2D eigenvalue weighted by Gasteiger charge is 2.24. The van der Waals surface area contributed by atoms with Gasteiger partial charge in [0.15, 0.2) is 11.5 Å². The maximum absolute atomic E-state index is 14.9. The van der Waals surface area contributed by atoms with Crippen LogP contribution in [-0.2, 0) is 0 Å². The molecule has 0 unspecified atom stereocenters. The summed E-state index contributed by atoms with van der Waals surface area (Å²) in [4.78, 5) is 16.8. The van der Waals surface area contributed by atoms with E-state index in [1.54, 1.807) is 42.6 Å². The number of amides is 2. The van der Waals surface area contributed by atoms with Gasteiger partial charge in [0.1, 0.15) is 30.5 Å². The van der Waals surface area contributed by atoms with Gasteiger partial charge in [0, 0.05) is 29.0 Å². The van der Waals surface area contributed by atoms with Crippen LogP contribution >= 0.6 is 11.6 Å². The molecule has 0 aliphatic carbocycles. The third kappa shape index (κ3) is 5.17. The van der Waals surface area contributed by atoms with Crippen LogP contribution < -0.4 is 29.6 Å². The van der Waals surface area contributed by atoms with Crippen LogP contribution in [-0.4, -0.2) is 30.8 Å². The molecule has 2 N–H and O–H groups in total. The van der Waals surface area contributed by atoms with E-state index in [4.69, 9.17) is 30.5 Å². The first-order chi connectivity index (χ1) is 17.9. The van der Waals surface area contributed by atoms with Gasteiger partial charge in [-0.25, -0.2) is 9.18 Å². The van der Waals surface area contributed by atoms with Gasteiger partial charge in [0.2, 0.25) is 5.75 Å². The Hall–Kier alpha value is -4.24. The minimum Gasteiger partial charge on any atom is -0.490 e. The topological polar surface area (TPSA) is 90.9 Å². The standard InChI is InChI=1S/C27H23ClFN3O5/c1-3-34-23-14-21-24(26-25(23)35-10-11-36-26)22(8-9-30-21)37-17-5-7-20(19(29)13-17)32-27(33)31-16-4-6-18(28)15(2)12-16/h4-9,12-14H,3,10-11H2,1-2H3,(H2,31,32,33).